The second kappa shape index (κ2) is 17.1. The van der Waals surface area contributed by atoms with Crippen molar-refractivity contribution in [3.63, 3.8) is 0 Å². The molecular formula is C44H50N4O9S. The van der Waals surface area contributed by atoms with Gasteiger partial charge in [0, 0.05) is 28.3 Å². The Morgan fingerprint density at radius 3 is 1.47 bits per heavy atom. The van der Waals surface area contributed by atoms with Crippen molar-refractivity contribution in [1.29, 1.82) is 0 Å². The van der Waals surface area contributed by atoms with Crippen LogP contribution in [0.2, 0.25) is 0 Å². The van der Waals surface area contributed by atoms with Gasteiger partial charge in [0.25, 0.3) is 21.6 Å². The molecule has 0 fully saturated rings. The number of nitrogens with zero attached hydrogens (tertiary/aromatic N) is 3. The van der Waals surface area contributed by atoms with Crippen molar-refractivity contribution in [2.45, 2.75) is 98.8 Å². The summed E-state index contributed by atoms with van der Waals surface area (Å²) in [5.74, 6) is -0.826. The number of carbonyl (C=O) groups is 2. The molecule has 2 N–H and O–H groups in total. The zero-order valence-corrected chi connectivity index (χ0v) is 35.7. The van der Waals surface area contributed by atoms with Gasteiger partial charge in [-0.25, -0.2) is 27.9 Å². The maximum Gasteiger partial charge on any atom is 0.341 e. The molecule has 0 radical (unpaired) electrons. The lowest BCUT2D eigenvalue weighted by Gasteiger charge is -2.21. The van der Waals surface area contributed by atoms with Gasteiger partial charge in [-0.2, -0.15) is 0 Å². The summed E-state index contributed by atoms with van der Waals surface area (Å²) >= 11 is 0. The van der Waals surface area contributed by atoms with Crippen LogP contribution in [0.3, 0.4) is 0 Å². The van der Waals surface area contributed by atoms with Crippen molar-refractivity contribution in [3.8, 4) is 23.3 Å². The summed E-state index contributed by atoms with van der Waals surface area (Å²) in [4.78, 5) is 43.5. The van der Waals surface area contributed by atoms with Crippen LogP contribution < -0.4 is 14.2 Å². The first kappa shape index (κ1) is 44.6. The first-order chi connectivity index (χ1) is 26.8. The van der Waals surface area contributed by atoms with Gasteiger partial charge in [0.05, 0.1) is 4.92 Å². The molecule has 13 nitrogen and oxygen atoms in total. The van der Waals surface area contributed by atoms with Crippen LogP contribution in [0.15, 0.2) is 77.7 Å². The maximum absolute atomic E-state index is 13.1. The number of aromatic carboxylic acids is 1. The van der Waals surface area contributed by atoms with Gasteiger partial charge in [-0.15, -0.1) is 0 Å². The van der Waals surface area contributed by atoms with Crippen LogP contribution in [0.5, 0.6) is 23.3 Å². The standard InChI is InChI=1S/C25H27N3O6S.C19H23NO3/c1-15-13-16(2)22(17(3)14-15)34-24-18(11-12-21(26-24)25(4,5)6)23(29)27-35(32,33)20-10-8-7-9-19(20)28(30)31;1-11-9-12(2)16(13(3)10-11)23-17-14(18(21)22)7-8-15(20-17)19(4,5)6/h7-14H,1-6H3,(H,27,29);7-10H,1-6H3,(H,21,22). The van der Waals surface area contributed by atoms with E-state index in [1.165, 1.54) is 18.2 Å². The Morgan fingerprint density at radius 2 is 1.07 bits per heavy atom. The normalized spacial score (nSPS) is 11.6. The molecule has 3 aromatic carbocycles. The van der Waals surface area contributed by atoms with Crippen LogP contribution in [0.25, 0.3) is 0 Å². The van der Waals surface area contributed by atoms with E-state index in [1.807, 2.05) is 112 Å². The predicted molar refractivity (Wildman–Crippen MR) is 222 cm³/mol. The molecule has 0 saturated heterocycles. The molecule has 0 aliphatic carbocycles. The number of aromatic nitrogens is 2. The molecule has 0 aliphatic heterocycles. The summed E-state index contributed by atoms with van der Waals surface area (Å²) in [5.41, 5.74) is 5.91. The van der Waals surface area contributed by atoms with Crippen molar-refractivity contribution in [3.05, 3.63) is 139 Å². The van der Waals surface area contributed by atoms with Crippen molar-refractivity contribution in [2.75, 3.05) is 0 Å². The van der Waals surface area contributed by atoms with Gasteiger partial charge >= 0.3 is 5.97 Å². The number of aryl methyl sites for hydroxylation is 6. The van der Waals surface area contributed by atoms with Gasteiger partial charge in [0.15, 0.2) is 4.90 Å². The highest BCUT2D eigenvalue weighted by molar-refractivity contribution is 7.90. The first-order valence-corrected chi connectivity index (χ1v) is 19.9. The summed E-state index contributed by atoms with van der Waals surface area (Å²) in [5, 5.41) is 20.7. The average molecular weight is 811 g/mol. The fraction of sp³-hybridized carbons (Fsp3) is 0.318. The number of carboxylic acids is 1. The third-order valence-corrected chi connectivity index (χ3v) is 10.3. The molecule has 0 saturated carbocycles. The molecule has 58 heavy (non-hydrogen) atoms. The summed E-state index contributed by atoms with van der Waals surface area (Å²) in [6, 6.07) is 19.0. The van der Waals surface area contributed by atoms with E-state index < -0.39 is 37.4 Å². The number of hydrogen-bond acceptors (Lipinski definition) is 10. The van der Waals surface area contributed by atoms with E-state index in [1.54, 1.807) is 18.2 Å². The van der Waals surface area contributed by atoms with Gasteiger partial charge < -0.3 is 14.6 Å². The van der Waals surface area contributed by atoms with E-state index in [0.29, 0.717) is 17.2 Å². The fourth-order valence-electron chi connectivity index (χ4n) is 6.12. The highest BCUT2D eigenvalue weighted by Gasteiger charge is 2.30. The molecular weight excluding hydrogens is 761 g/mol. The first-order valence-electron chi connectivity index (χ1n) is 18.4. The zero-order chi connectivity index (χ0) is 43.5. The lowest BCUT2D eigenvalue weighted by Crippen LogP contribution is -2.31. The second-order valence-electron chi connectivity index (χ2n) is 16.2. The van der Waals surface area contributed by atoms with Gasteiger partial charge in [-0.3, -0.25) is 14.9 Å². The van der Waals surface area contributed by atoms with Gasteiger partial charge in [-0.05, 0) is 94.1 Å². The fourth-order valence-corrected chi connectivity index (χ4v) is 7.26. The van der Waals surface area contributed by atoms with Gasteiger partial charge in [0.2, 0.25) is 11.8 Å². The molecule has 0 unspecified atom stereocenters. The number of benzene rings is 3. The number of pyridine rings is 2. The Kier molecular flexibility index (Phi) is 13.2. The van der Waals surface area contributed by atoms with E-state index in [9.17, 15) is 33.2 Å². The number of hydrogen-bond donors (Lipinski definition) is 2. The quantitative estimate of drug-likeness (QED) is 0.107. The van der Waals surface area contributed by atoms with Crippen LogP contribution >= 0.6 is 0 Å². The SMILES string of the molecule is Cc1cc(C)c(Oc2nc(C(C)(C)C)ccc2C(=O)NS(=O)(=O)c2ccccc2[N+](=O)[O-])c(C)c1.Cc1cc(C)c(Oc2nc(C(C)(C)C)ccc2C(=O)O)c(C)c1. The largest absolute Gasteiger partial charge is 0.477 e. The van der Waals surface area contributed by atoms with Gasteiger partial charge in [0.1, 0.15) is 22.6 Å². The number of amides is 1. The van der Waals surface area contributed by atoms with E-state index in [4.69, 9.17) is 9.47 Å². The Labute approximate surface area is 339 Å². The van der Waals surface area contributed by atoms with Crippen LogP contribution in [0, 0.1) is 51.7 Å². The van der Waals surface area contributed by atoms with Crippen molar-refractivity contribution in [1.82, 2.24) is 14.7 Å². The third kappa shape index (κ3) is 10.6. The third-order valence-electron chi connectivity index (χ3n) is 8.92. The molecule has 0 atom stereocenters. The minimum Gasteiger partial charge on any atom is -0.477 e. The number of ether oxygens (including phenoxy) is 2. The smallest absolute Gasteiger partial charge is 0.341 e. The lowest BCUT2D eigenvalue weighted by molar-refractivity contribution is -0.387. The zero-order valence-electron chi connectivity index (χ0n) is 34.9. The number of nitro groups is 1. The van der Waals surface area contributed by atoms with E-state index in [2.05, 4.69) is 9.97 Å². The van der Waals surface area contributed by atoms with Crippen LogP contribution in [0.4, 0.5) is 5.69 Å². The van der Waals surface area contributed by atoms with E-state index in [0.717, 1.165) is 51.2 Å². The molecule has 1 amide bonds. The van der Waals surface area contributed by atoms with Crippen molar-refractivity contribution >= 4 is 27.6 Å². The number of para-hydroxylation sites is 1. The number of nitro benzene ring substituents is 1. The Hall–Kier alpha value is -6.15. The molecule has 0 spiro atoms. The molecule has 0 bridgehead atoms. The number of carbonyl (C=O) groups excluding carboxylic acids is 1. The molecule has 0 aliphatic rings. The highest BCUT2D eigenvalue weighted by atomic mass is 32.2. The summed E-state index contributed by atoms with van der Waals surface area (Å²) in [6.07, 6.45) is 0. The van der Waals surface area contributed by atoms with Gasteiger partial charge in [-0.1, -0.05) is 89.1 Å². The monoisotopic (exact) mass is 810 g/mol. The van der Waals surface area contributed by atoms with Crippen LogP contribution in [-0.2, 0) is 20.9 Å². The minimum absolute atomic E-state index is 0.0669. The second-order valence-corrected chi connectivity index (χ2v) is 17.9. The van der Waals surface area contributed by atoms with Crippen LogP contribution in [0.1, 0.15) is 107 Å². The molecule has 5 rings (SSSR count). The lowest BCUT2D eigenvalue weighted by atomic mass is 9.91. The van der Waals surface area contributed by atoms with E-state index >= 15 is 0 Å². The Morgan fingerprint density at radius 1 is 0.672 bits per heavy atom. The van der Waals surface area contributed by atoms with Crippen LogP contribution in [-0.4, -0.2) is 40.3 Å². The van der Waals surface area contributed by atoms with Crippen molar-refractivity contribution < 1.29 is 37.5 Å². The molecule has 2 heterocycles. The number of sulfonamides is 1. The topological polar surface area (TPSA) is 188 Å². The Balaban J connectivity index is 0.000000280. The Bertz CT molecular complexity index is 2470. The van der Waals surface area contributed by atoms with E-state index in [-0.39, 0.29) is 33.7 Å². The highest BCUT2D eigenvalue weighted by Crippen LogP contribution is 2.35. The summed E-state index contributed by atoms with van der Waals surface area (Å²) in [7, 11) is -4.56. The maximum atomic E-state index is 13.1. The molecule has 306 valence electrons. The minimum atomic E-state index is -4.56. The molecule has 2 aromatic heterocycles. The number of rotatable bonds is 9. The number of nitrogens with one attached hydrogen (secondary N) is 1. The number of carboxylic acid groups (broad SMARTS) is 1. The molecule has 5 aromatic rings. The predicted octanol–water partition coefficient (Wildman–Crippen LogP) is 9.92. The summed E-state index contributed by atoms with van der Waals surface area (Å²) < 4.78 is 39.7. The van der Waals surface area contributed by atoms with Crippen molar-refractivity contribution in [2.24, 2.45) is 0 Å². The average Bonchev–Trinajstić information content (AvgIpc) is 3.10. The molecule has 14 heteroatoms. The summed E-state index contributed by atoms with van der Waals surface area (Å²) in [6.45, 7) is 23.5.